The summed E-state index contributed by atoms with van der Waals surface area (Å²) in [6.07, 6.45) is 4.92. The Morgan fingerprint density at radius 1 is 1.43 bits per heavy atom. The molecule has 1 aromatic carbocycles. The molecule has 0 heterocycles. The molecule has 0 fully saturated rings. The van der Waals surface area contributed by atoms with E-state index in [1.165, 1.54) is 19.3 Å². The Labute approximate surface area is 127 Å². The number of hydrogen-bond acceptors (Lipinski definition) is 4. The van der Waals surface area contributed by atoms with Crippen LogP contribution < -0.4 is 15.8 Å². The van der Waals surface area contributed by atoms with Gasteiger partial charge in [0.2, 0.25) is 0 Å². The van der Waals surface area contributed by atoms with Crippen LogP contribution in [0.3, 0.4) is 0 Å². The minimum Gasteiger partial charge on any atom is -0.496 e. The van der Waals surface area contributed by atoms with Crippen molar-refractivity contribution in [2.45, 2.75) is 52.1 Å². The topological polar surface area (TPSA) is 79.9 Å². The van der Waals surface area contributed by atoms with Crippen molar-refractivity contribution in [3.63, 3.8) is 0 Å². The fraction of sp³-hybridized carbons (Fsp3) is 0.562. The lowest BCUT2D eigenvalue weighted by molar-refractivity contribution is 0.318. The second kappa shape index (κ2) is 9.23. The first-order chi connectivity index (χ1) is 10.1. The molecule has 0 spiro atoms. The number of benzene rings is 1. The molecule has 0 radical (unpaired) electrons. The lowest BCUT2D eigenvalue weighted by Gasteiger charge is -2.16. The molecule has 21 heavy (non-hydrogen) atoms. The summed E-state index contributed by atoms with van der Waals surface area (Å²) in [7, 11) is 1.65. The molecule has 1 aromatic rings. The SMILES string of the molecule is CCCCCC(C)NCc1cc(/C(N)=N/O)ccc1OC. The van der Waals surface area contributed by atoms with E-state index in [1.807, 2.05) is 12.1 Å². The highest BCUT2D eigenvalue weighted by Crippen LogP contribution is 2.20. The van der Waals surface area contributed by atoms with Gasteiger partial charge in [0.1, 0.15) is 5.75 Å². The summed E-state index contributed by atoms with van der Waals surface area (Å²) in [6.45, 7) is 5.10. The molecule has 4 N–H and O–H groups in total. The van der Waals surface area contributed by atoms with E-state index in [9.17, 15) is 0 Å². The fourth-order valence-corrected chi connectivity index (χ4v) is 2.22. The lowest BCUT2D eigenvalue weighted by atomic mass is 10.1. The largest absolute Gasteiger partial charge is 0.496 e. The first kappa shape index (κ1) is 17.3. The number of oxime groups is 1. The van der Waals surface area contributed by atoms with Crippen LogP contribution in [-0.2, 0) is 6.54 Å². The molecule has 1 unspecified atom stereocenters. The predicted octanol–water partition coefficient (Wildman–Crippen LogP) is 2.85. The van der Waals surface area contributed by atoms with Gasteiger partial charge in [-0.1, -0.05) is 31.3 Å². The number of unbranched alkanes of at least 4 members (excludes halogenated alkanes) is 2. The summed E-state index contributed by atoms with van der Waals surface area (Å²) in [5.41, 5.74) is 7.32. The summed E-state index contributed by atoms with van der Waals surface area (Å²) in [5, 5.41) is 15.3. The highest BCUT2D eigenvalue weighted by atomic mass is 16.5. The highest BCUT2D eigenvalue weighted by molar-refractivity contribution is 5.97. The van der Waals surface area contributed by atoms with E-state index in [4.69, 9.17) is 15.7 Å². The summed E-state index contributed by atoms with van der Waals surface area (Å²) in [5.74, 6) is 0.910. The van der Waals surface area contributed by atoms with Gasteiger partial charge in [-0.05, 0) is 31.5 Å². The van der Waals surface area contributed by atoms with E-state index in [0.717, 1.165) is 17.7 Å². The molecule has 0 saturated carbocycles. The van der Waals surface area contributed by atoms with Crippen molar-refractivity contribution in [2.75, 3.05) is 7.11 Å². The Morgan fingerprint density at radius 2 is 2.19 bits per heavy atom. The van der Waals surface area contributed by atoms with Gasteiger partial charge in [-0.2, -0.15) is 0 Å². The molecule has 0 aliphatic carbocycles. The van der Waals surface area contributed by atoms with Crippen LogP contribution in [0.25, 0.3) is 0 Å². The first-order valence-corrected chi connectivity index (χ1v) is 7.50. The molecule has 5 nitrogen and oxygen atoms in total. The minimum absolute atomic E-state index is 0.106. The quantitative estimate of drug-likeness (QED) is 0.215. The molecule has 1 atom stereocenters. The number of nitrogens with zero attached hydrogens (tertiary/aromatic N) is 1. The maximum atomic E-state index is 8.76. The van der Waals surface area contributed by atoms with Crippen LogP contribution >= 0.6 is 0 Å². The maximum Gasteiger partial charge on any atom is 0.170 e. The fourth-order valence-electron chi connectivity index (χ4n) is 2.22. The maximum absolute atomic E-state index is 8.76. The van der Waals surface area contributed by atoms with E-state index in [1.54, 1.807) is 13.2 Å². The van der Waals surface area contributed by atoms with Crippen LogP contribution in [0, 0.1) is 0 Å². The van der Waals surface area contributed by atoms with Crippen molar-refractivity contribution < 1.29 is 9.94 Å². The first-order valence-electron chi connectivity index (χ1n) is 7.50. The van der Waals surface area contributed by atoms with E-state index in [0.29, 0.717) is 18.2 Å². The molecule has 0 bridgehead atoms. The van der Waals surface area contributed by atoms with Crippen molar-refractivity contribution >= 4 is 5.84 Å². The van der Waals surface area contributed by atoms with Gasteiger partial charge in [-0.3, -0.25) is 0 Å². The Kier molecular flexibility index (Phi) is 7.61. The van der Waals surface area contributed by atoms with E-state index >= 15 is 0 Å². The van der Waals surface area contributed by atoms with Gasteiger partial charge in [-0.25, -0.2) is 0 Å². The number of ether oxygens (including phenoxy) is 1. The predicted molar refractivity (Wildman–Crippen MR) is 85.9 cm³/mol. The second-order valence-electron chi connectivity index (χ2n) is 5.29. The van der Waals surface area contributed by atoms with Gasteiger partial charge in [-0.15, -0.1) is 0 Å². The van der Waals surface area contributed by atoms with Crippen molar-refractivity contribution in [3.05, 3.63) is 29.3 Å². The Hall–Kier alpha value is -1.75. The molecule has 0 saturated heterocycles. The van der Waals surface area contributed by atoms with Gasteiger partial charge >= 0.3 is 0 Å². The highest BCUT2D eigenvalue weighted by Gasteiger charge is 2.09. The molecule has 1 rings (SSSR count). The molecule has 0 amide bonds. The van der Waals surface area contributed by atoms with Gasteiger partial charge in [0.25, 0.3) is 0 Å². The zero-order chi connectivity index (χ0) is 15.7. The van der Waals surface area contributed by atoms with Gasteiger partial charge in [0.15, 0.2) is 5.84 Å². The molecule has 118 valence electrons. The number of amidine groups is 1. The normalized spacial score (nSPS) is 13.2. The number of nitrogens with one attached hydrogen (secondary N) is 1. The van der Waals surface area contributed by atoms with Gasteiger partial charge in [0.05, 0.1) is 7.11 Å². The third kappa shape index (κ3) is 5.63. The molecule has 0 aromatic heterocycles. The van der Waals surface area contributed by atoms with Crippen molar-refractivity contribution in [1.82, 2.24) is 5.32 Å². The number of methoxy groups -OCH3 is 1. The van der Waals surface area contributed by atoms with Gasteiger partial charge < -0.3 is 21.0 Å². The third-order valence-electron chi connectivity index (χ3n) is 3.57. The monoisotopic (exact) mass is 293 g/mol. The van der Waals surface area contributed by atoms with Crippen molar-refractivity contribution in [1.29, 1.82) is 0 Å². The van der Waals surface area contributed by atoms with Crippen LogP contribution in [0.15, 0.2) is 23.4 Å². The van der Waals surface area contributed by atoms with Crippen LogP contribution in [-0.4, -0.2) is 24.2 Å². The lowest BCUT2D eigenvalue weighted by Crippen LogP contribution is -2.25. The average molecular weight is 293 g/mol. The zero-order valence-corrected chi connectivity index (χ0v) is 13.2. The summed E-state index contributed by atoms with van der Waals surface area (Å²) in [6, 6.07) is 5.96. The summed E-state index contributed by atoms with van der Waals surface area (Å²) < 4.78 is 5.36. The third-order valence-corrected chi connectivity index (χ3v) is 3.57. The molecule has 0 aliphatic rings. The zero-order valence-electron chi connectivity index (χ0n) is 13.2. The van der Waals surface area contributed by atoms with E-state index in [2.05, 4.69) is 24.3 Å². The van der Waals surface area contributed by atoms with Crippen LogP contribution in [0.1, 0.15) is 50.7 Å². The smallest absolute Gasteiger partial charge is 0.170 e. The molecule has 5 heteroatoms. The van der Waals surface area contributed by atoms with Crippen LogP contribution in [0.4, 0.5) is 0 Å². The van der Waals surface area contributed by atoms with Crippen LogP contribution in [0.2, 0.25) is 0 Å². The van der Waals surface area contributed by atoms with Crippen molar-refractivity contribution in [2.24, 2.45) is 10.9 Å². The summed E-state index contributed by atoms with van der Waals surface area (Å²) >= 11 is 0. The Balaban J connectivity index is 2.67. The molecular weight excluding hydrogens is 266 g/mol. The number of rotatable bonds is 9. The summed E-state index contributed by atoms with van der Waals surface area (Å²) in [4.78, 5) is 0. The van der Waals surface area contributed by atoms with Gasteiger partial charge in [0, 0.05) is 23.7 Å². The van der Waals surface area contributed by atoms with E-state index in [-0.39, 0.29) is 5.84 Å². The van der Waals surface area contributed by atoms with E-state index < -0.39 is 0 Å². The molecular formula is C16H27N3O2. The average Bonchev–Trinajstić information content (AvgIpc) is 2.52. The number of hydrogen-bond donors (Lipinski definition) is 3. The standard InChI is InChI=1S/C16H27N3O2/c1-4-5-6-7-12(2)18-11-14-10-13(16(17)19-20)8-9-15(14)21-3/h8-10,12,18,20H,4-7,11H2,1-3H3,(H2,17,19). The second-order valence-corrected chi connectivity index (χ2v) is 5.29. The molecule has 0 aliphatic heterocycles. The van der Waals surface area contributed by atoms with Crippen molar-refractivity contribution in [3.8, 4) is 5.75 Å². The minimum atomic E-state index is 0.106. The van der Waals surface area contributed by atoms with Crippen LogP contribution in [0.5, 0.6) is 5.75 Å². The number of nitrogens with two attached hydrogens (primary N) is 1. The Bertz CT molecular complexity index is 461. The Morgan fingerprint density at radius 3 is 2.81 bits per heavy atom.